The van der Waals surface area contributed by atoms with Crippen molar-refractivity contribution in [2.45, 2.75) is 58.5 Å². The first-order valence-corrected chi connectivity index (χ1v) is 14.0. The van der Waals surface area contributed by atoms with E-state index in [2.05, 4.69) is 23.5 Å². The molecule has 2 unspecified atom stereocenters. The monoisotopic (exact) mass is 496 g/mol. The molecule has 0 radical (unpaired) electrons. The van der Waals surface area contributed by atoms with Crippen LogP contribution in [0.2, 0.25) is 0 Å². The number of fused-ring (bicyclic) bond motifs is 1. The minimum atomic E-state index is -3.53. The molecule has 9 nitrogen and oxygen atoms in total. The molecule has 5 rings (SSSR count). The molecule has 2 atom stereocenters. The topological polar surface area (TPSA) is 99.9 Å². The maximum Gasteiger partial charge on any atom is 0.256 e. The number of aryl methyl sites for hydroxylation is 2. The van der Waals surface area contributed by atoms with Crippen LogP contribution in [0.1, 0.15) is 65.8 Å². The van der Waals surface area contributed by atoms with Gasteiger partial charge in [0.2, 0.25) is 10.0 Å². The quantitative estimate of drug-likeness (QED) is 0.578. The summed E-state index contributed by atoms with van der Waals surface area (Å²) in [5.74, 6) is 0.802. The number of piperidine rings is 1. The molecule has 186 valence electrons. The maximum absolute atomic E-state index is 13.8. The van der Waals surface area contributed by atoms with Crippen molar-refractivity contribution in [1.82, 2.24) is 19.5 Å². The standard InChI is InChI=1S/C25H32N6O3S/c1-16-8-9-20(28-35(4,33)34)19(13-16)25(32)30-11-6-5-7-22(30)21-14-23-26-24(29-12-10-18(29)3)17(2)15-31(23)27-21/h8-9,13-15,18,22,28H,5-7,10-12H2,1-4H3. The first-order valence-electron chi connectivity index (χ1n) is 12.1. The third-order valence-electron chi connectivity index (χ3n) is 7.02. The SMILES string of the molecule is Cc1ccc(NS(C)(=O)=O)c(C(=O)N2CCCCC2c2cc3nc(N4CCC4C)c(C)cn3n2)c1. The minimum absolute atomic E-state index is 0.194. The van der Waals surface area contributed by atoms with Crippen LogP contribution in [0.5, 0.6) is 0 Å². The normalized spacial score (nSPS) is 20.7. The molecule has 0 spiro atoms. The van der Waals surface area contributed by atoms with Crippen LogP contribution in [0.4, 0.5) is 11.5 Å². The van der Waals surface area contributed by atoms with E-state index in [0.717, 1.165) is 60.3 Å². The van der Waals surface area contributed by atoms with Crippen molar-refractivity contribution < 1.29 is 13.2 Å². The van der Waals surface area contributed by atoms with Crippen LogP contribution in [0, 0.1) is 13.8 Å². The Morgan fingerprint density at radius 3 is 2.60 bits per heavy atom. The average molecular weight is 497 g/mol. The van der Waals surface area contributed by atoms with Crippen molar-refractivity contribution in [2.75, 3.05) is 29.0 Å². The highest BCUT2D eigenvalue weighted by Crippen LogP contribution is 2.34. The van der Waals surface area contributed by atoms with Crippen LogP contribution in [0.15, 0.2) is 30.5 Å². The average Bonchev–Trinajstić information content (AvgIpc) is 3.20. The number of carbonyl (C=O) groups is 1. The first kappa shape index (κ1) is 23.6. The molecule has 35 heavy (non-hydrogen) atoms. The van der Waals surface area contributed by atoms with Gasteiger partial charge in [-0.05, 0) is 58.6 Å². The summed E-state index contributed by atoms with van der Waals surface area (Å²) >= 11 is 0. The summed E-state index contributed by atoms with van der Waals surface area (Å²) in [6.07, 6.45) is 6.95. The van der Waals surface area contributed by atoms with Crippen molar-refractivity contribution in [3.8, 4) is 0 Å². The van der Waals surface area contributed by atoms with E-state index in [1.54, 1.807) is 22.7 Å². The van der Waals surface area contributed by atoms with Gasteiger partial charge in [0.25, 0.3) is 5.91 Å². The summed E-state index contributed by atoms with van der Waals surface area (Å²) in [5, 5.41) is 4.82. The Kier molecular flexibility index (Phi) is 5.94. The number of hydrogen-bond donors (Lipinski definition) is 1. The van der Waals surface area contributed by atoms with E-state index in [1.807, 2.05) is 24.1 Å². The molecule has 1 aromatic carbocycles. The number of amides is 1. The van der Waals surface area contributed by atoms with E-state index in [4.69, 9.17) is 10.1 Å². The van der Waals surface area contributed by atoms with Crippen molar-refractivity contribution in [1.29, 1.82) is 0 Å². The number of benzene rings is 1. The molecule has 10 heteroatoms. The van der Waals surface area contributed by atoms with E-state index in [0.29, 0.717) is 23.8 Å². The van der Waals surface area contributed by atoms with Crippen molar-refractivity contribution in [3.63, 3.8) is 0 Å². The number of aromatic nitrogens is 3. The van der Waals surface area contributed by atoms with Gasteiger partial charge in [-0.15, -0.1) is 0 Å². The Labute approximate surface area is 206 Å². The zero-order valence-electron chi connectivity index (χ0n) is 20.7. The van der Waals surface area contributed by atoms with E-state index < -0.39 is 10.0 Å². The van der Waals surface area contributed by atoms with E-state index in [9.17, 15) is 13.2 Å². The van der Waals surface area contributed by atoms with Crippen LogP contribution >= 0.6 is 0 Å². The number of nitrogens with one attached hydrogen (secondary N) is 1. The second-order valence-electron chi connectivity index (χ2n) is 9.88. The molecule has 2 aliphatic heterocycles. The van der Waals surface area contributed by atoms with Crippen molar-refractivity contribution >= 4 is 33.1 Å². The number of nitrogens with zero attached hydrogens (tertiary/aromatic N) is 5. The van der Waals surface area contributed by atoms with E-state index in [-0.39, 0.29) is 11.9 Å². The van der Waals surface area contributed by atoms with Gasteiger partial charge in [0.05, 0.1) is 29.2 Å². The number of anilines is 2. The Balaban J connectivity index is 1.50. The molecule has 2 aromatic heterocycles. The van der Waals surface area contributed by atoms with Gasteiger partial charge in [0, 0.05) is 37.0 Å². The zero-order valence-corrected chi connectivity index (χ0v) is 21.5. The van der Waals surface area contributed by atoms with Crippen LogP contribution in [-0.4, -0.2) is 59.2 Å². The summed E-state index contributed by atoms with van der Waals surface area (Å²) in [6.45, 7) is 7.75. The predicted octanol–water partition coefficient (Wildman–Crippen LogP) is 3.68. The molecule has 2 saturated heterocycles. The highest BCUT2D eigenvalue weighted by Gasteiger charge is 2.33. The van der Waals surface area contributed by atoms with Crippen molar-refractivity contribution in [3.05, 3.63) is 52.8 Å². The number of hydrogen-bond acceptors (Lipinski definition) is 6. The van der Waals surface area contributed by atoms with E-state index >= 15 is 0 Å². The molecular weight excluding hydrogens is 464 g/mol. The fraction of sp³-hybridized carbons (Fsp3) is 0.480. The Hall–Kier alpha value is -3.14. The lowest BCUT2D eigenvalue weighted by Crippen LogP contribution is -2.46. The Morgan fingerprint density at radius 2 is 1.91 bits per heavy atom. The second-order valence-corrected chi connectivity index (χ2v) is 11.6. The minimum Gasteiger partial charge on any atom is -0.353 e. The van der Waals surface area contributed by atoms with Gasteiger partial charge in [0.1, 0.15) is 5.82 Å². The van der Waals surface area contributed by atoms with E-state index in [1.165, 1.54) is 6.42 Å². The third-order valence-corrected chi connectivity index (χ3v) is 7.61. The van der Waals surface area contributed by atoms with Gasteiger partial charge in [-0.2, -0.15) is 5.10 Å². The molecule has 2 fully saturated rings. The summed E-state index contributed by atoms with van der Waals surface area (Å²) in [7, 11) is -3.53. The smallest absolute Gasteiger partial charge is 0.256 e. The van der Waals surface area contributed by atoms with Crippen molar-refractivity contribution in [2.24, 2.45) is 0 Å². The molecule has 1 amide bonds. The maximum atomic E-state index is 13.8. The lowest BCUT2D eigenvalue weighted by molar-refractivity contribution is 0.0606. The predicted molar refractivity (Wildman–Crippen MR) is 136 cm³/mol. The summed E-state index contributed by atoms with van der Waals surface area (Å²) in [6, 6.07) is 7.47. The summed E-state index contributed by atoms with van der Waals surface area (Å²) < 4.78 is 28.1. The fourth-order valence-electron chi connectivity index (χ4n) is 5.06. The number of likely N-dealkylation sites (tertiary alicyclic amines) is 1. The molecule has 1 N–H and O–H groups in total. The van der Waals surface area contributed by atoms with Gasteiger partial charge in [-0.3, -0.25) is 9.52 Å². The Morgan fingerprint density at radius 1 is 1.11 bits per heavy atom. The summed E-state index contributed by atoms with van der Waals surface area (Å²) in [5.41, 5.74) is 4.20. The zero-order chi connectivity index (χ0) is 24.9. The highest BCUT2D eigenvalue weighted by atomic mass is 32.2. The molecule has 0 saturated carbocycles. The number of sulfonamides is 1. The number of carbonyl (C=O) groups excluding carboxylic acids is 1. The largest absolute Gasteiger partial charge is 0.353 e. The lowest BCUT2D eigenvalue weighted by atomic mass is 9.97. The van der Waals surface area contributed by atoms with Gasteiger partial charge in [0.15, 0.2) is 5.65 Å². The number of rotatable bonds is 5. The van der Waals surface area contributed by atoms with Crippen LogP contribution in [0.25, 0.3) is 5.65 Å². The third kappa shape index (κ3) is 4.59. The molecule has 0 bridgehead atoms. The summed E-state index contributed by atoms with van der Waals surface area (Å²) in [4.78, 5) is 22.8. The molecule has 3 aromatic rings. The Bertz CT molecular complexity index is 1400. The fourth-order valence-corrected chi connectivity index (χ4v) is 5.64. The molecule has 2 aliphatic rings. The molecule has 0 aliphatic carbocycles. The second kappa shape index (κ2) is 8.82. The van der Waals surface area contributed by atoms with Gasteiger partial charge < -0.3 is 9.80 Å². The lowest BCUT2D eigenvalue weighted by Gasteiger charge is -2.40. The first-order chi connectivity index (χ1) is 16.6. The van der Waals surface area contributed by atoms with Crippen LogP contribution in [-0.2, 0) is 10.0 Å². The molecular formula is C25H32N6O3S. The van der Waals surface area contributed by atoms with Gasteiger partial charge in [-0.25, -0.2) is 17.9 Å². The van der Waals surface area contributed by atoms with Gasteiger partial charge >= 0.3 is 0 Å². The van der Waals surface area contributed by atoms with Crippen LogP contribution in [0.3, 0.4) is 0 Å². The molecule has 4 heterocycles. The highest BCUT2D eigenvalue weighted by molar-refractivity contribution is 7.92. The van der Waals surface area contributed by atoms with Gasteiger partial charge in [-0.1, -0.05) is 11.6 Å². The van der Waals surface area contributed by atoms with Crippen LogP contribution < -0.4 is 9.62 Å².